The molecule has 1 aromatic carbocycles. The maximum atomic E-state index is 12.2. The average molecular weight is 305 g/mol. The summed E-state index contributed by atoms with van der Waals surface area (Å²) in [6.45, 7) is 4.56. The Kier molecular flexibility index (Phi) is 5.77. The second kappa shape index (κ2) is 7.79. The first-order chi connectivity index (χ1) is 10.6. The quantitative estimate of drug-likeness (QED) is 0.854. The van der Waals surface area contributed by atoms with Crippen LogP contribution in [-0.2, 0) is 9.59 Å². The van der Waals surface area contributed by atoms with Crippen molar-refractivity contribution in [1.29, 1.82) is 0 Å². The predicted molar refractivity (Wildman–Crippen MR) is 83.5 cm³/mol. The average Bonchev–Trinajstić information content (AvgIpc) is 2.54. The van der Waals surface area contributed by atoms with Crippen molar-refractivity contribution in [3.8, 4) is 5.75 Å². The summed E-state index contributed by atoms with van der Waals surface area (Å²) < 4.78 is 5.58. The lowest BCUT2D eigenvalue weighted by molar-refractivity contribution is -0.140. The van der Waals surface area contributed by atoms with E-state index in [1.165, 1.54) is 0 Å². The monoisotopic (exact) mass is 305 g/mol. The number of hydrogen-bond acceptors (Lipinski definition) is 4. The molecular weight excluding hydrogens is 282 g/mol. The van der Waals surface area contributed by atoms with E-state index < -0.39 is 0 Å². The van der Waals surface area contributed by atoms with Crippen molar-refractivity contribution in [3.63, 3.8) is 0 Å². The van der Waals surface area contributed by atoms with Crippen molar-refractivity contribution in [3.05, 3.63) is 29.8 Å². The molecular formula is C16H23N3O3. The molecule has 0 bridgehead atoms. The number of rotatable bonds is 5. The molecule has 1 aromatic rings. The number of aryl methyl sites for hydroxylation is 1. The summed E-state index contributed by atoms with van der Waals surface area (Å²) in [5, 5.41) is 0. The molecule has 1 aliphatic heterocycles. The van der Waals surface area contributed by atoms with E-state index in [9.17, 15) is 9.59 Å². The second-order valence-electron chi connectivity index (χ2n) is 5.35. The lowest BCUT2D eigenvalue weighted by Gasteiger charge is -2.34. The molecule has 2 N–H and O–H groups in total. The fourth-order valence-electron chi connectivity index (χ4n) is 2.44. The van der Waals surface area contributed by atoms with Crippen LogP contribution < -0.4 is 10.5 Å². The normalized spacial score (nSPS) is 14.8. The first-order valence-corrected chi connectivity index (χ1v) is 7.56. The van der Waals surface area contributed by atoms with Crippen LogP contribution in [-0.4, -0.2) is 60.9 Å². The summed E-state index contributed by atoms with van der Waals surface area (Å²) in [5.41, 5.74) is 6.40. The minimum atomic E-state index is -0.0471. The molecule has 6 nitrogen and oxygen atoms in total. The van der Waals surface area contributed by atoms with Crippen LogP contribution in [0.4, 0.5) is 0 Å². The van der Waals surface area contributed by atoms with E-state index in [0.717, 1.165) is 11.3 Å². The molecule has 120 valence electrons. The SMILES string of the molecule is Cc1ccccc1OCC(=O)N1CCN(C(=O)CCN)CC1. The fourth-order valence-corrected chi connectivity index (χ4v) is 2.44. The number of piperazine rings is 1. The third-order valence-electron chi connectivity index (χ3n) is 3.79. The molecule has 2 amide bonds. The van der Waals surface area contributed by atoms with E-state index in [0.29, 0.717) is 39.1 Å². The summed E-state index contributed by atoms with van der Waals surface area (Å²) in [4.78, 5) is 27.4. The summed E-state index contributed by atoms with van der Waals surface area (Å²) in [6.07, 6.45) is 0.365. The van der Waals surface area contributed by atoms with Gasteiger partial charge in [0, 0.05) is 39.1 Å². The first kappa shape index (κ1) is 16.3. The molecule has 2 rings (SSSR count). The highest BCUT2D eigenvalue weighted by Gasteiger charge is 2.23. The third-order valence-corrected chi connectivity index (χ3v) is 3.79. The van der Waals surface area contributed by atoms with Gasteiger partial charge in [0.25, 0.3) is 5.91 Å². The lowest BCUT2D eigenvalue weighted by Crippen LogP contribution is -2.51. The van der Waals surface area contributed by atoms with E-state index in [1.54, 1.807) is 9.80 Å². The number of benzene rings is 1. The highest BCUT2D eigenvalue weighted by atomic mass is 16.5. The first-order valence-electron chi connectivity index (χ1n) is 7.56. The van der Waals surface area contributed by atoms with Crippen LogP contribution in [0.1, 0.15) is 12.0 Å². The number of carbonyl (C=O) groups is 2. The van der Waals surface area contributed by atoms with Crippen molar-refractivity contribution < 1.29 is 14.3 Å². The Morgan fingerprint density at radius 3 is 2.27 bits per heavy atom. The molecule has 0 unspecified atom stereocenters. The van der Waals surface area contributed by atoms with Gasteiger partial charge in [-0.25, -0.2) is 0 Å². The van der Waals surface area contributed by atoms with Gasteiger partial charge in [-0.05, 0) is 18.6 Å². The second-order valence-corrected chi connectivity index (χ2v) is 5.35. The van der Waals surface area contributed by atoms with Gasteiger partial charge in [-0.15, -0.1) is 0 Å². The zero-order valence-corrected chi connectivity index (χ0v) is 13.0. The lowest BCUT2D eigenvalue weighted by atomic mass is 10.2. The Morgan fingerprint density at radius 1 is 1.09 bits per heavy atom. The number of nitrogens with two attached hydrogens (primary N) is 1. The van der Waals surface area contributed by atoms with Gasteiger partial charge in [-0.3, -0.25) is 9.59 Å². The molecule has 1 heterocycles. The number of hydrogen-bond donors (Lipinski definition) is 1. The molecule has 1 saturated heterocycles. The Balaban J connectivity index is 1.78. The van der Waals surface area contributed by atoms with Crippen LogP contribution >= 0.6 is 0 Å². The summed E-state index contributed by atoms with van der Waals surface area (Å²) >= 11 is 0. The predicted octanol–water partition coefficient (Wildman–Crippen LogP) is 0.393. The van der Waals surface area contributed by atoms with Gasteiger partial charge < -0.3 is 20.3 Å². The van der Waals surface area contributed by atoms with Crippen LogP contribution in [0.5, 0.6) is 5.75 Å². The van der Waals surface area contributed by atoms with Gasteiger partial charge in [-0.1, -0.05) is 18.2 Å². The topological polar surface area (TPSA) is 75.9 Å². The highest BCUT2D eigenvalue weighted by Crippen LogP contribution is 2.16. The van der Waals surface area contributed by atoms with Gasteiger partial charge >= 0.3 is 0 Å². The van der Waals surface area contributed by atoms with Crippen LogP contribution in [0.15, 0.2) is 24.3 Å². The van der Waals surface area contributed by atoms with E-state index in [-0.39, 0.29) is 18.4 Å². The number of carbonyl (C=O) groups excluding carboxylic acids is 2. The van der Waals surface area contributed by atoms with Gasteiger partial charge in [0.15, 0.2) is 6.61 Å². The number of amides is 2. The van der Waals surface area contributed by atoms with Gasteiger partial charge in [0.05, 0.1) is 0 Å². The van der Waals surface area contributed by atoms with Crippen molar-refractivity contribution >= 4 is 11.8 Å². The summed E-state index contributed by atoms with van der Waals surface area (Å²) in [6, 6.07) is 7.61. The van der Waals surface area contributed by atoms with Crippen molar-refractivity contribution in [2.45, 2.75) is 13.3 Å². The Morgan fingerprint density at radius 2 is 1.68 bits per heavy atom. The van der Waals surface area contributed by atoms with E-state index in [1.807, 2.05) is 31.2 Å². The standard InChI is InChI=1S/C16H23N3O3/c1-13-4-2-3-5-14(13)22-12-16(21)19-10-8-18(9-11-19)15(20)6-7-17/h2-5H,6-12,17H2,1H3. The molecule has 0 aromatic heterocycles. The molecule has 0 spiro atoms. The zero-order valence-electron chi connectivity index (χ0n) is 13.0. The Hall–Kier alpha value is -2.08. The highest BCUT2D eigenvalue weighted by molar-refractivity contribution is 5.79. The number of para-hydroxylation sites is 1. The number of ether oxygens (including phenoxy) is 1. The van der Waals surface area contributed by atoms with Crippen molar-refractivity contribution in [2.24, 2.45) is 5.73 Å². The minimum absolute atomic E-state index is 0.0294. The smallest absolute Gasteiger partial charge is 0.260 e. The molecule has 0 aliphatic carbocycles. The van der Waals surface area contributed by atoms with E-state index in [2.05, 4.69) is 0 Å². The zero-order chi connectivity index (χ0) is 15.9. The molecule has 1 fully saturated rings. The molecule has 0 atom stereocenters. The molecule has 0 saturated carbocycles. The maximum Gasteiger partial charge on any atom is 0.260 e. The molecule has 1 aliphatic rings. The largest absolute Gasteiger partial charge is 0.484 e. The minimum Gasteiger partial charge on any atom is -0.484 e. The molecule has 6 heteroatoms. The molecule has 22 heavy (non-hydrogen) atoms. The Bertz CT molecular complexity index is 525. The molecule has 0 radical (unpaired) electrons. The fraction of sp³-hybridized carbons (Fsp3) is 0.500. The van der Waals surface area contributed by atoms with Crippen LogP contribution in [0, 0.1) is 6.92 Å². The van der Waals surface area contributed by atoms with Crippen LogP contribution in [0.2, 0.25) is 0 Å². The van der Waals surface area contributed by atoms with Gasteiger partial charge in [0.1, 0.15) is 5.75 Å². The van der Waals surface area contributed by atoms with Gasteiger partial charge in [0.2, 0.25) is 5.91 Å². The summed E-state index contributed by atoms with van der Waals surface area (Å²) in [7, 11) is 0. The van der Waals surface area contributed by atoms with E-state index >= 15 is 0 Å². The Labute approximate surface area is 130 Å². The summed E-state index contributed by atoms with van der Waals surface area (Å²) in [5.74, 6) is 0.743. The van der Waals surface area contributed by atoms with Crippen LogP contribution in [0.25, 0.3) is 0 Å². The van der Waals surface area contributed by atoms with Crippen LogP contribution in [0.3, 0.4) is 0 Å². The van der Waals surface area contributed by atoms with Crippen molar-refractivity contribution in [2.75, 3.05) is 39.3 Å². The number of nitrogens with zero attached hydrogens (tertiary/aromatic N) is 2. The van der Waals surface area contributed by atoms with Crippen molar-refractivity contribution in [1.82, 2.24) is 9.80 Å². The maximum absolute atomic E-state index is 12.2. The van der Waals surface area contributed by atoms with E-state index in [4.69, 9.17) is 10.5 Å². The van der Waals surface area contributed by atoms with Gasteiger partial charge in [-0.2, -0.15) is 0 Å². The third kappa shape index (κ3) is 4.21.